The van der Waals surface area contributed by atoms with Gasteiger partial charge < -0.3 is 4.52 Å². The topological polar surface area (TPSA) is 64.7 Å². The van der Waals surface area contributed by atoms with E-state index in [1.807, 2.05) is 43.3 Å². The van der Waals surface area contributed by atoms with Crippen LogP contribution in [0.1, 0.15) is 5.01 Å². The van der Waals surface area contributed by atoms with Crippen molar-refractivity contribution in [3.63, 3.8) is 0 Å². The van der Waals surface area contributed by atoms with Crippen LogP contribution in [0.25, 0.3) is 34.1 Å². The number of rotatable bonds is 3. The maximum atomic E-state index is 5.32. The second-order valence-electron chi connectivity index (χ2n) is 4.99. The molecule has 0 aliphatic carbocycles. The molecule has 0 saturated carbocycles. The minimum atomic E-state index is 0.488. The Morgan fingerprint density at radius 2 is 1.61 bits per heavy atom. The van der Waals surface area contributed by atoms with Crippen molar-refractivity contribution in [3.05, 3.63) is 59.2 Å². The predicted molar refractivity (Wildman–Crippen MR) is 88.8 cm³/mol. The Hall–Kier alpha value is -2.86. The van der Waals surface area contributed by atoms with Gasteiger partial charge in [-0.3, -0.25) is 4.98 Å². The number of aryl methyl sites for hydroxylation is 1. The number of hydrogen-bond donors (Lipinski definition) is 0. The minimum absolute atomic E-state index is 0.488. The second-order valence-corrected chi connectivity index (χ2v) is 6.05. The van der Waals surface area contributed by atoms with Gasteiger partial charge in [0.15, 0.2) is 0 Å². The quantitative estimate of drug-likeness (QED) is 0.565. The molecule has 3 aromatic heterocycles. The van der Waals surface area contributed by atoms with Crippen LogP contribution in [0.4, 0.5) is 0 Å². The Labute approximate surface area is 136 Å². The van der Waals surface area contributed by atoms with E-state index >= 15 is 0 Å². The Balaban J connectivity index is 1.63. The molecule has 0 aliphatic heterocycles. The highest BCUT2D eigenvalue weighted by atomic mass is 32.1. The monoisotopic (exact) mass is 320 g/mol. The average Bonchev–Trinajstić information content (AvgIpc) is 3.25. The SMILES string of the molecule is Cc1nc(-c2ccc(-c3noc(-c4ccncc4)n3)cc2)cs1. The molecule has 0 atom stereocenters. The van der Waals surface area contributed by atoms with Gasteiger partial charge in [-0.1, -0.05) is 29.4 Å². The van der Waals surface area contributed by atoms with Gasteiger partial charge in [0.1, 0.15) is 0 Å². The number of hydrogen-bond acceptors (Lipinski definition) is 6. The number of benzene rings is 1. The summed E-state index contributed by atoms with van der Waals surface area (Å²) in [5.41, 5.74) is 3.83. The van der Waals surface area contributed by atoms with Crippen molar-refractivity contribution in [2.45, 2.75) is 6.92 Å². The lowest BCUT2D eigenvalue weighted by atomic mass is 10.1. The first-order chi connectivity index (χ1) is 11.3. The van der Waals surface area contributed by atoms with Crippen LogP contribution >= 0.6 is 11.3 Å². The largest absolute Gasteiger partial charge is 0.334 e. The summed E-state index contributed by atoms with van der Waals surface area (Å²) in [6, 6.07) is 11.7. The standard InChI is InChI=1S/C17H12N4OS/c1-11-19-15(10-23-11)12-2-4-13(5-3-12)16-20-17(22-21-16)14-6-8-18-9-7-14/h2-10H,1H3. The van der Waals surface area contributed by atoms with Crippen molar-refractivity contribution >= 4 is 11.3 Å². The first-order valence-electron chi connectivity index (χ1n) is 7.07. The first kappa shape index (κ1) is 13.8. The number of aromatic nitrogens is 4. The summed E-state index contributed by atoms with van der Waals surface area (Å²) in [6.07, 6.45) is 3.40. The van der Waals surface area contributed by atoms with Crippen molar-refractivity contribution < 1.29 is 4.52 Å². The highest BCUT2D eigenvalue weighted by Gasteiger charge is 2.11. The van der Waals surface area contributed by atoms with Crippen LogP contribution in [-0.4, -0.2) is 20.1 Å². The molecule has 3 heterocycles. The number of thiazole rings is 1. The molecule has 5 nitrogen and oxygen atoms in total. The van der Waals surface area contributed by atoms with Crippen molar-refractivity contribution in [2.75, 3.05) is 0 Å². The van der Waals surface area contributed by atoms with Gasteiger partial charge in [-0.25, -0.2) is 4.98 Å². The summed E-state index contributed by atoms with van der Waals surface area (Å²) in [5.74, 6) is 1.06. The Morgan fingerprint density at radius 1 is 0.870 bits per heavy atom. The molecule has 0 aliphatic rings. The van der Waals surface area contributed by atoms with E-state index in [0.29, 0.717) is 11.7 Å². The van der Waals surface area contributed by atoms with Gasteiger partial charge in [0.05, 0.1) is 10.7 Å². The van der Waals surface area contributed by atoms with Crippen molar-refractivity contribution in [1.82, 2.24) is 20.1 Å². The summed E-state index contributed by atoms with van der Waals surface area (Å²) < 4.78 is 5.32. The van der Waals surface area contributed by atoms with E-state index in [1.54, 1.807) is 23.7 Å². The molecular weight excluding hydrogens is 308 g/mol. The summed E-state index contributed by atoms with van der Waals surface area (Å²) in [5, 5.41) is 7.16. The van der Waals surface area contributed by atoms with Gasteiger partial charge in [-0.05, 0) is 19.1 Å². The molecule has 0 unspecified atom stereocenters. The fourth-order valence-corrected chi connectivity index (χ4v) is 2.86. The van der Waals surface area contributed by atoms with Crippen LogP contribution in [0, 0.1) is 6.92 Å². The van der Waals surface area contributed by atoms with Gasteiger partial charge in [0.25, 0.3) is 5.89 Å². The van der Waals surface area contributed by atoms with Crippen LogP contribution in [0.2, 0.25) is 0 Å². The minimum Gasteiger partial charge on any atom is -0.334 e. The van der Waals surface area contributed by atoms with Crippen molar-refractivity contribution in [1.29, 1.82) is 0 Å². The van der Waals surface area contributed by atoms with E-state index in [0.717, 1.165) is 27.4 Å². The third-order valence-electron chi connectivity index (χ3n) is 3.41. The zero-order valence-electron chi connectivity index (χ0n) is 12.3. The molecule has 0 N–H and O–H groups in total. The fourth-order valence-electron chi connectivity index (χ4n) is 2.24. The average molecular weight is 320 g/mol. The van der Waals surface area contributed by atoms with Crippen LogP contribution in [0.15, 0.2) is 58.7 Å². The molecule has 23 heavy (non-hydrogen) atoms. The first-order valence-corrected chi connectivity index (χ1v) is 7.94. The van der Waals surface area contributed by atoms with Crippen LogP contribution in [0.3, 0.4) is 0 Å². The van der Waals surface area contributed by atoms with Crippen molar-refractivity contribution in [2.24, 2.45) is 0 Å². The Kier molecular flexibility index (Phi) is 3.44. The second kappa shape index (κ2) is 5.73. The van der Waals surface area contributed by atoms with Crippen LogP contribution in [-0.2, 0) is 0 Å². The maximum Gasteiger partial charge on any atom is 0.258 e. The molecule has 112 valence electrons. The van der Waals surface area contributed by atoms with Crippen LogP contribution in [0.5, 0.6) is 0 Å². The highest BCUT2D eigenvalue weighted by molar-refractivity contribution is 7.09. The van der Waals surface area contributed by atoms with E-state index < -0.39 is 0 Å². The van der Waals surface area contributed by atoms with Crippen molar-refractivity contribution in [3.8, 4) is 34.1 Å². The highest BCUT2D eigenvalue weighted by Crippen LogP contribution is 2.26. The lowest BCUT2D eigenvalue weighted by Gasteiger charge is -1.98. The van der Waals surface area contributed by atoms with E-state index in [4.69, 9.17) is 4.52 Å². The van der Waals surface area contributed by atoms with Crippen LogP contribution < -0.4 is 0 Å². The molecule has 0 saturated heterocycles. The zero-order valence-corrected chi connectivity index (χ0v) is 13.1. The molecule has 4 rings (SSSR count). The lowest BCUT2D eigenvalue weighted by molar-refractivity contribution is 0.432. The van der Waals surface area contributed by atoms with E-state index in [-0.39, 0.29) is 0 Å². The molecule has 6 heteroatoms. The molecule has 0 radical (unpaired) electrons. The van der Waals surface area contributed by atoms with Gasteiger partial charge in [-0.15, -0.1) is 11.3 Å². The van der Waals surface area contributed by atoms with E-state index in [9.17, 15) is 0 Å². The molecule has 4 aromatic rings. The molecule has 0 spiro atoms. The van der Waals surface area contributed by atoms with Gasteiger partial charge in [0, 0.05) is 34.5 Å². The zero-order chi connectivity index (χ0) is 15.6. The normalized spacial score (nSPS) is 10.8. The van der Waals surface area contributed by atoms with Gasteiger partial charge >= 0.3 is 0 Å². The summed E-state index contributed by atoms with van der Waals surface area (Å²) >= 11 is 1.64. The molecular formula is C17H12N4OS. The summed E-state index contributed by atoms with van der Waals surface area (Å²) in [4.78, 5) is 12.9. The smallest absolute Gasteiger partial charge is 0.258 e. The summed E-state index contributed by atoms with van der Waals surface area (Å²) in [7, 11) is 0. The predicted octanol–water partition coefficient (Wildman–Crippen LogP) is 4.23. The fraction of sp³-hybridized carbons (Fsp3) is 0.0588. The maximum absolute atomic E-state index is 5.32. The van der Waals surface area contributed by atoms with Gasteiger partial charge in [0.2, 0.25) is 5.82 Å². The molecule has 0 bridgehead atoms. The number of pyridine rings is 1. The number of nitrogens with zero attached hydrogens (tertiary/aromatic N) is 4. The van der Waals surface area contributed by atoms with E-state index in [1.165, 1.54) is 0 Å². The third kappa shape index (κ3) is 2.76. The third-order valence-corrected chi connectivity index (χ3v) is 4.18. The van der Waals surface area contributed by atoms with Gasteiger partial charge in [-0.2, -0.15) is 4.98 Å². The molecule has 0 amide bonds. The Bertz CT molecular complexity index is 929. The van der Waals surface area contributed by atoms with E-state index in [2.05, 4.69) is 25.5 Å². The molecule has 1 aromatic carbocycles. The lowest BCUT2D eigenvalue weighted by Crippen LogP contribution is -1.83. The Morgan fingerprint density at radius 3 is 2.30 bits per heavy atom. The molecule has 0 fully saturated rings. The summed E-state index contributed by atoms with van der Waals surface area (Å²) in [6.45, 7) is 2.00.